The Kier molecular flexibility index (Phi) is 2.48. The summed E-state index contributed by atoms with van der Waals surface area (Å²) in [6.07, 6.45) is 2.30. The number of nitrogens with zero attached hydrogens (tertiary/aromatic N) is 2. The fourth-order valence-electron chi connectivity index (χ4n) is 2.07. The predicted octanol–water partition coefficient (Wildman–Crippen LogP) is 0.563. The molecule has 1 aliphatic rings. The van der Waals surface area contributed by atoms with Gasteiger partial charge in [0.15, 0.2) is 0 Å². The summed E-state index contributed by atoms with van der Waals surface area (Å²) in [7, 11) is 0. The van der Waals surface area contributed by atoms with Gasteiger partial charge in [-0.25, -0.2) is 4.98 Å². The van der Waals surface area contributed by atoms with E-state index in [9.17, 15) is 4.79 Å². The molecule has 2 N–H and O–H groups in total. The van der Waals surface area contributed by atoms with E-state index in [1.165, 1.54) is 0 Å². The Morgan fingerprint density at radius 2 is 2.53 bits per heavy atom. The summed E-state index contributed by atoms with van der Waals surface area (Å²) in [5.41, 5.74) is 2.03. The Hall–Kier alpha value is -1.36. The van der Waals surface area contributed by atoms with Crippen molar-refractivity contribution in [1.29, 1.82) is 0 Å². The molecule has 82 valence electrons. The second-order valence-electron chi connectivity index (χ2n) is 3.85. The minimum atomic E-state index is -0.795. The summed E-state index contributed by atoms with van der Waals surface area (Å²) in [6.45, 7) is 4.81. The SMILES string of the molecule is CCn1cnc2c1CC(C(=O)O)NC2C. The molecule has 0 amide bonds. The first-order valence-electron chi connectivity index (χ1n) is 5.16. The van der Waals surface area contributed by atoms with E-state index in [0.29, 0.717) is 6.42 Å². The first kappa shape index (κ1) is 10.2. The highest BCUT2D eigenvalue weighted by molar-refractivity contribution is 5.74. The fraction of sp³-hybridized carbons (Fsp3) is 0.600. The Bertz CT molecular complexity index is 386. The van der Waals surface area contributed by atoms with Gasteiger partial charge in [-0.2, -0.15) is 0 Å². The molecule has 0 aliphatic carbocycles. The second-order valence-corrected chi connectivity index (χ2v) is 3.85. The smallest absolute Gasteiger partial charge is 0.321 e. The molecule has 5 heteroatoms. The van der Waals surface area contributed by atoms with Gasteiger partial charge in [0.05, 0.1) is 12.0 Å². The minimum Gasteiger partial charge on any atom is -0.480 e. The highest BCUT2D eigenvalue weighted by Crippen LogP contribution is 2.23. The Morgan fingerprint density at radius 3 is 3.13 bits per heavy atom. The fourth-order valence-corrected chi connectivity index (χ4v) is 2.07. The number of aryl methyl sites for hydroxylation is 1. The number of carboxylic acid groups (broad SMARTS) is 1. The van der Waals surface area contributed by atoms with Gasteiger partial charge >= 0.3 is 5.97 Å². The lowest BCUT2D eigenvalue weighted by atomic mass is 10.00. The number of rotatable bonds is 2. The van der Waals surface area contributed by atoms with E-state index >= 15 is 0 Å². The van der Waals surface area contributed by atoms with E-state index in [4.69, 9.17) is 5.11 Å². The molecule has 2 rings (SSSR count). The predicted molar refractivity (Wildman–Crippen MR) is 54.6 cm³/mol. The lowest BCUT2D eigenvalue weighted by molar-refractivity contribution is -0.139. The summed E-state index contributed by atoms with van der Waals surface area (Å²) in [5, 5.41) is 12.0. The van der Waals surface area contributed by atoms with Gasteiger partial charge in [0.2, 0.25) is 0 Å². The zero-order valence-corrected chi connectivity index (χ0v) is 8.90. The molecular formula is C10H15N3O2. The normalized spacial score (nSPS) is 24.9. The van der Waals surface area contributed by atoms with Gasteiger partial charge in [0.25, 0.3) is 0 Å². The van der Waals surface area contributed by atoms with Crippen molar-refractivity contribution in [3.63, 3.8) is 0 Å². The first-order chi connectivity index (χ1) is 7.13. The summed E-state index contributed by atoms with van der Waals surface area (Å²) in [4.78, 5) is 15.2. The van der Waals surface area contributed by atoms with Gasteiger partial charge < -0.3 is 9.67 Å². The highest BCUT2D eigenvalue weighted by atomic mass is 16.4. The number of aliphatic carboxylic acids is 1. The van der Waals surface area contributed by atoms with Crippen LogP contribution in [0.1, 0.15) is 31.3 Å². The number of carboxylic acids is 1. The van der Waals surface area contributed by atoms with E-state index in [-0.39, 0.29) is 6.04 Å². The average Bonchev–Trinajstić information content (AvgIpc) is 2.60. The van der Waals surface area contributed by atoms with Gasteiger partial charge in [-0.15, -0.1) is 0 Å². The van der Waals surface area contributed by atoms with Gasteiger partial charge in [-0.05, 0) is 13.8 Å². The van der Waals surface area contributed by atoms with Crippen LogP contribution in [0.5, 0.6) is 0 Å². The summed E-state index contributed by atoms with van der Waals surface area (Å²) >= 11 is 0. The molecule has 0 aromatic carbocycles. The quantitative estimate of drug-likeness (QED) is 0.747. The van der Waals surface area contributed by atoms with Crippen LogP contribution in [0.4, 0.5) is 0 Å². The van der Waals surface area contributed by atoms with Crippen LogP contribution < -0.4 is 5.32 Å². The van der Waals surface area contributed by atoms with Crippen molar-refractivity contribution in [1.82, 2.24) is 14.9 Å². The second kappa shape index (κ2) is 3.66. The van der Waals surface area contributed by atoms with Crippen molar-refractivity contribution >= 4 is 5.97 Å². The van der Waals surface area contributed by atoms with E-state index in [0.717, 1.165) is 17.9 Å². The number of hydrogen-bond donors (Lipinski definition) is 2. The molecule has 1 aromatic heterocycles. The van der Waals surface area contributed by atoms with Crippen molar-refractivity contribution < 1.29 is 9.90 Å². The molecule has 2 atom stereocenters. The van der Waals surface area contributed by atoms with Crippen molar-refractivity contribution in [2.45, 2.75) is 38.9 Å². The van der Waals surface area contributed by atoms with E-state index < -0.39 is 12.0 Å². The summed E-state index contributed by atoms with van der Waals surface area (Å²) in [5.74, 6) is -0.795. The average molecular weight is 209 g/mol. The van der Waals surface area contributed by atoms with Gasteiger partial charge in [0.1, 0.15) is 6.04 Å². The molecule has 0 fully saturated rings. The number of nitrogens with one attached hydrogen (secondary N) is 1. The van der Waals surface area contributed by atoms with Crippen molar-refractivity contribution in [2.75, 3.05) is 0 Å². The van der Waals surface area contributed by atoms with E-state index in [1.807, 2.05) is 18.4 Å². The molecule has 0 saturated heterocycles. The number of imidazole rings is 1. The molecule has 1 aliphatic heterocycles. The third-order valence-electron chi connectivity index (χ3n) is 2.88. The van der Waals surface area contributed by atoms with Crippen molar-refractivity contribution in [3.8, 4) is 0 Å². The standard InChI is InChI=1S/C10H15N3O2/c1-3-13-5-11-9-6(2)12-7(10(14)15)4-8(9)13/h5-7,12H,3-4H2,1-2H3,(H,14,15). The third kappa shape index (κ3) is 1.63. The maximum Gasteiger partial charge on any atom is 0.321 e. The molecular weight excluding hydrogens is 194 g/mol. The maximum atomic E-state index is 10.9. The Balaban J connectivity index is 2.35. The van der Waals surface area contributed by atoms with Crippen molar-refractivity contribution in [3.05, 3.63) is 17.7 Å². The van der Waals surface area contributed by atoms with E-state index in [1.54, 1.807) is 6.33 Å². The third-order valence-corrected chi connectivity index (χ3v) is 2.88. The topological polar surface area (TPSA) is 67.2 Å². The largest absolute Gasteiger partial charge is 0.480 e. The first-order valence-corrected chi connectivity index (χ1v) is 5.16. The molecule has 0 saturated carbocycles. The molecule has 5 nitrogen and oxygen atoms in total. The van der Waals surface area contributed by atoms with Gasteiger partial charge in [-0.3, -0.25) is 10.1 Å². The highest BCUT2D eigenvalue weighted by Gasteiger charge is 2.30. The van der Waals surface area contributed by atoms with Crippen LogP contribution in [-0.2, 0) is 17.8 Å². The molecule has 2 unspecified atom stereocenters. The number of hydrogen-bond acceptors (Lipinski definition) is 3. The number of carbonyl (C=O) groups is 1. The summed E-state index contributed by atoms with van der Waals surface area (Å²) < 4.78 is 2.02. The zero-order chi connectivity index (χ0) is 11.0. The maximum absolute atomic E-state index is 10.9. The molecule has 2 heterocycles. The lowest BCUT2D eigenvalue weighted by Crippen LogP contribution is -2.44. The monoisotopic (exact) mass is 209 g/mol. The van der Waals surface area contributed by atoms with Gasteiger partial charge in [0, 0.05) is 24.7 Å². The van der Waals surface area contributed by atoms with Crippen LogP contribution in [0, 0.1) is 0 Å². The summed E-state index contributed by atoms with van der Waals surface area (Å²) in [6, 6.07) is -0.475. The van der Waals surface area contributed by atoms with Crippen LogP contribution >= 0.6 is 0 Å². The van der Waals surface area contributed by atoms with E-state index in [2.05, 4.69) is 10.3 Å². The van der Waals surface area contributed by atoms with Crippen LogP contribution in [0.15, 0.2) is 6.33 Å². The number of fused-ring (bicyclic) bond motifs is 1. The Morgan fingerprint density at radius 1 is 1.80 bits per heavy atom. The van der Waals surface area contributed by atoms with Crippen LogP contribution in [0.25, 0.3) is 0 Å². The number of aromatic nitrogens is 2. The van der Waals surface area contributed by atoms with Crippen molar-refractivity contribution in [2.24, 2.45) is 0 Å². The molecule has 0 spiro atoms. The zero-order valence-electron chi connectivity index (χ0n) is 8.90. The molecule has 0 bridgehead atoms. The Labute approximate surface area is 88.1 Å². The molecule has 0 radical (unpaired) electrons. The van der Waals surface area contributed by atoms with Gasteiger partial charge in [-0.1, -0.05) is 0 Å². The molecule has 15 heavy (non-hydrogen) atoms. The lowest BCUT2D eigenvalue weighted by Gasteiger charge is -2.26. The van der Waals surface area contributed by atoms with Crippen LogP contribution in [-0.4, -0.2) is 26.7 Å². The molecule has 1 aromatic rings. The van der Waals surface area contributed by atoms with Crippen LogP contribution in [0.3, 0.4) is 0 Å². The van der Waals surface area contributed by atoms with Crippen LogP contribution in [0.2, 0.25) is 0 Å². The minimum absolute atomic E-state index is 0.0163.